The van der Waals surface area contributed by atoms with Gasteiger partial charge in [-0.25, -0.2) is 13.8 Å². The van der Waals surface area contributed by atoms with Crippen LogP contribution in [0.2, 0.25) is 0 Å². The topological polar surface area (TPSA) is 51.7 Å². The number of nitrogens with zero attached hydrogens (tertiary/aromatic N) is 2. The van der Waals surface area contributed by atoms with Crippen molar-refractivity contribution in [3.63, 3.8) is 0 Å². The van der Waals surface area contributed by atoms with Gasteiger partial charge in [0, 0.05) is 12.7 Å². The molecule has 1 amide bonds. The lowest BCUT2D eigenvalue weighted by molar-refractivity contribution is 0.0914. The van der Waals surface area contributed by atoms with Crippen LogP contribution in [-0.2, 0) is 4.74 Å². The molecular formula is C21H20F2N2O3S. The standard InChI is InChI=1S/C21H20F2N2O3S/c1-2-27-17-6-3-7-18-19(17)24-21(29-18)25(12-14-5-4-10-28-14)20(26)15-9-8-13(22)11-16(15)23/h3,6-9,11,14H,2,4-5,10,12H2,1H3/t14-/m1/s1. The highest BCUT2D eigenvalue weighted by Crippen LogP contribution is 2.35. The van der Waals surface area contributed by atoms with Crippen LogP contribution in [0.4, 0.5) is 13.9 Å². The fourth-order valence-corrected chi connectivity index (χ4v) is 4.34. The monoisotopic (exact) mass is 418 g/mol. The zero-order valence-electron chi connectivity index (χ0n) is 15.9. The van der Waals surface area contributed by atoms with Gasteiger partial charge in [0.1, 0.15) is 22.9 Å². The van der Waals surface area contributed by atoms with Gasteiger partial charge in [-0.05, 0) is 44.0 Å². The van der Waals surface area contributed by atoms with Crippen molar-refractivity contribution in [2.75, 3.05) is 24.7 Å². The molecule has 4 rings (SSSR count). The Balaban J connectivity index is 1.75. The minimum Gasteiger partial charge on any atom is -0.492 e. The van der Waals surface area contributed by atoms with Gasteiger partial charge in [0.15, 0.2) is 5.13 Å². The zero-order valence-corrected chi connectivity index (χ0v) is 16.7. The number of thiazole rings is 1. The first kappa shape index (κ1) is 19.7. The molecule has 29 heavy (non-hydrogen) atoms. The van der Waals surface area contributed by atoms with Crippen molar-refractivity contribution in [1.29, 1.82) is 0 Å². The molecule has 1 fully saturated rings. The maximum Gasteiger partial charge on any atom is 0.263 e. The van der Waals surface area contributed by atoms with Crippen molar-refractivity contribution in [3.8, 4) is 5.75 Å². The van der Waals surface area contributed by atoms with Gasteiger partial charge in [0.05, 0.1) is 29.5 Å². The van der Waals surface area contributed by atoms with E-state index in [2.05, 4.69) is 4.98 Å². The van der Waals surface area contributed by atoms with Crippen LogP contribution in [0.5, 0.6) is 5.75 Å². The molecule has 1 saturated heterocycles. The average molecular weight is 418 g/mol. The van der Waals surface area contributed by atoms with E-state index in [0.717, 1.165) is 29.7 Å². The van der Waals surface area contributed by atoms with Gasteiger partial charge < -0.3 is 9.47 Å². The number of carbonyl (C=O) groups excluding carboxylic acids is 1. The summed E-state index contributed by atoms with van der Waals surface area (Å²) in [4.78, 5) is 19.2. The predicted octanol–water partition coefficient (Wildman–Crippen LogP) is 4.80. The first-order valence-electron chi connectivity index (χ1n) is 9.47. The fraction of sp³-hybridized carbons (Fsp3) is 0.333. The number of para-hydroxylation sites is 1. The largest absolute Gasteiger partial charge is 0.492 e. The highest BCUT2D eigenvalue weighted by molar-refractivity contribution is 7.22. The molecule has 3 aromatic rings. The van der Waals surface area contributed by atoms with Crippen LogP contribution in [0.15, 0.2) is 36.4 Å². The van der Waals surface area contributed by atoms with Gasteiger partial charge >= 0.3 is 0 Å². The second-order valence-corrected chi connectivity index (χ2v) is 7.72. The highest BCUT2D eigenvalue weighted by Gasteiger charge is 2.29. The lowest BCUT2D eigenvalue weighted by Crippen LogP contribution is -2.38. The van der Waals surface area contributed by atoms with Gasteiger partial charge in [-0.15, -0.1) is 0 Å². The number of halogens is 2. The van der Waals surface area contributed by atoms with Crippen LogP contribution in [0.1, 0.15) is 30.1 Å². The molecule has 1 aromatic heterocycles. The number of fused-ring (bicyclic) bond motifs is 1. The smallest absolute Gasteiger partial charge is 0.263 e. The van der Waals surface area contributed by atoms with Crippen LogP contribution in [0.3, 0.4) is 0 Å². The van der Waals surface area contributed by atoms with E-state index >= 15 is 0 Å². The van der Waals surface area contributed by atoms with E-state index < -0.39 is 17.5 Å². The summed E-state index contributed by atoms with van der Waals surface area (Å²) in [5.41, 5.74) is 0.452. The van der Waals surface area contributed by atoms with Crippen molar-refractivity contribution in [1.82, 2.24) is 4.98 Å². The minimum absolute atomic E-state index is 0.152. The van der Waals surface area contributed by atoms with Gasteiger partial charge in [0.25, 0.3) is 5.91 Å². The predicted molar refractivity (Wildman–Crippen MR) is 108 cm³/mol. The number of hydrogen-bond acceptors (Lipinski definition) is 5. The van der Waals surface area contributed by atoms with Crippen LogP contribution >= 0.6 is 11.3 Å². The van der Waals surface area contributed by atoms with Crippen molar-refractivity contribution < 1.29 is 23.0 Å². The fourth-order valence-electron chi connectivity index (χ4n) is 3.35. The minimum atomic E-state index is -0.900. The normalized spacial score (nSPS) is 16.3. The summed E-state index contributed by atoms with van der Waals surface area (Å²) in [6.07, 6.45) is 1.57. The number of ether oxygens (including phenoxy) is 2. The van der Waals surface area contributed by atoms with E-state index in [0.29, 0.717) is 35.7 Å². The quantitative estimate of drug-likeness (QED) is 0.577. The summed E-state index contributed by atoms with van der Waals surface area (Å²) in [5, 5.41) is 0.427. The van der Waals surface area contributed by atoms with Gasteiger partial charge in [-0.1, -0.05) is 17.4 Å². The highest BCUT2D eigenvalue weighted by atomic mass is 32.1. The molecule has 2 heterocycles. The molecule has 8 heteroatoms. The molecule has 152 valence electrons. The van der Waals surface area contributed by atoms with E-state index in [9.17, 15) is 13.6 Å². The summed E-state index contributed by atoms with van der Waals surface area (Å²) in [7, 11) is 0. The second-order valence-electron chi connectivity index (χ2n) is 6.71. The number of rotatable bonds is 6. The molecule has 0 unspecified atom stereocenters. The SMILES string of the molecule is CCOc1cccc2sc(N(C[C@H]3CCCO3)C(=O)c3ccc(F)cc3F)nc12. The number of hydrogen-bond donors (Lipinski definition) is 0. The maximum atomic E-state index is 14.3. The Kier molecular flexibility index (Phi) is 5.73. The molecular weight excluding hydrogens is 398 g/mol. The first-order valence-corrected chi connectivity index (χ1v) is 10.3. The van der Waals surface area contributed by atoms with Crippen molar-refractivity contribution in [2.45, 2.75) is 25.9 Å². The Morgan fingerprint density at radius 3 is 2.93 bits per heavy atom. The molecule has 1 atom stereocenters. The summed E-state index contributed by atoms with van der Waals surface area (Å²) in [5.74, 6) is -1.57. The third-order valence-corrected chi connectivity index (χ3v) is 5.76. The van der Waals surface area contributed by atoms with E-state index in [1.165, 1.54) is 16.2 Å². The Bertz CT molecular complexity index is 1030. The van der Waals surface area contributed by atoms with Crippen molar-refractivity contribution >= 4 is 32.6 Å². The number of benzene rings is 2. The number of anilines is 1. The molecule has 5 nitrogen and oxygen atoms in total. The third-order valence-electron chi connectivity index (χ3n) is 4.72. The average Bonchev–Trinajstić information content (AvgIpc) is 3.36. The van der Waals surface area contributed by atoms with Gasteiger partial charge in [-0.2, -0.15) is 0 Å². The van der Waals surface area contributed by atoms with Crippen molar-refractivity contribution in [3.05, 3.63) is 53.6 Å². The van der Waals surface area contributed by atoms with E-state index in [1.807, 2.05) is 25.1 Å². The Labute approximate surface area is 170 Å². The summed E-state index contributed by atoms with van der Waals surface area (Å²) < 4.78 is 39.8. The Morgan fingerprint density at radius 1 is 1.34 bits per heavy atom. The van der Waals surface area contributed by atoms with E-state index in [-0.39, 0.29) is 18.2 Å². The molecule has 2 aromatic carbocycles. The third kappa shape index (κ3) is 4.09. The summed E-state index contributed by atoms with van der Waals surface area (Å²) in [6, 6.07) is 8.53. The molecule has 0 saturated carbocycles. The molecule has 0 spiro atoms. The van der Waals surface area contributed by atoms with Crippen LogP contribution < -0.4 is 9.64 Å². The van der Waals surface area contributed by atoms with Gasteiger partial charge in [0.2, 0.25) is 0 Å². The molecule has 1 aliphatic heterocycles. The van der Waals surface area contributed by atoms with E-state index in [1.54, 1.807) is 0 Å². The molecule has 0 N–H and O–H groups in total. The van der Waals surface area contributed by atoms with Crippen molar-refractivity contribution in [2.24, 2.45) is 0 Å². The zero-order chi connectivity index (χ0) is 20.4. The lowest BCUT2D eigenvalue weighted by atomic mass is 10.1. The first-order chi connectivity index (χ1) is 14.1. The number of amides is 1. The van der Waals surface area contributed by atoms with Gasteiger partial charge in [-0.3, -0.25) is 9.69 Å². The molecule has 0 bridgehead atoms. The molecule has 0 radical (unpaired) electrons. The van der Waals surface area contributed by atoms with Crippen LogP contribution in [0, 0.1) is 11.6 Å². The summed E-state index contributed by atoms with van der Waals surface area (Å²) in [6.45, 7) is 3.26. The Hall–Kier alpha value is -2.58. The Morgan fingerprint density at radius 2 is 2.21 bits per heavy atom. The number of aromatic nitrogens is 1. The molecule has 0 aliphatic carbocycles. The van der Waals surface area contributed by atoms with Crippen LogP contribution in [-0.4, -0.2) is 36.8 Å². The second kappa shape index (κ2) is 8.42. The lowest BCUT2D eigenvalue weighted by Gasteiger charge is -2.23. The maximum absolute atomic E-state index is 14.3. The molecule has 1 aliphatic rings. The van der Waals surface area contributed by atoms with Crippen LogP contribution in [0.25, 0.3) is 10.2 Å². The van der Waals surface area contributed by atoms with E-state index in [4.69, 9.17) is 9.47 Å². The number of carbonyl (C=O) groups is 1. The summed E-state index contributed by atoms with van der Waals surface area (Å²) >= 11 is 1.32.